The minimum absolute atomic E-state index is 0.307. The van der Waals surface area contributed by atoms with Crippen LogP contribution in [0.4, 0.5) is 5.69 Å². The molecule has 1 aromatic carbocycles. The van der Waals surface area contributed by atoms with Crippen LogP contribution in [0.2, 0.25) is 0 Å². The molecule has 1 fully saturated rings. The van der Waals surface area contributed by atoms with Crippen molar-refractivity contribution in [1.29, 1.82) is 0 Å². The summed E-state index contributed by atoms with van der Waals surface area (Å²) in [5.74, 6) is 2.61. The third kappa shape index (κ3) is 5.12. The number of benzene rings is 1. The summed E-state index contributed by atoms with van der Waals surface area (Å²) in [6.45, 7) is 7.70. The van der Waals surface area contributed by atoms with Crippen molar-refractivity contribution in [3.63, 3.8) is 0 Å². The van der Waals surface area contributed by atoms with Gasteiger partial charge in [0.15, 0.2) is 5.96 Å². The number of hydrogen-bond donors (Lipinski definition) is 1. The number of amides is 1. The number of hydrogen-bond acceptors (Lipinski definition) is 3. The topological polar surface area (TPSA) is 61.1 Å². The molecule has 31 heavy (non-hydrogen) atoms. The Labute approximate surface area is 185 Å². The lowest BCUT2D eigenvalue weighted by Gasteiger charge is -2.26. The average molecular weight is 423 g/mol. The molecule has 2 unspecified atom stereocenters. The second-order valence-corrected chi connectivity index (χ2v) is 8.63. The van der Waals surface area contributed by atoms with Crippen LogP contribution in [0.25, 0.3) is 0 Å². The van der Waals surface area contributed by atoms with E-state index in [0.29, 0.717) is 30.8 Å². The number of furan rings is 1. The molecule has 0 bridgehead atoms. The van der Waals surface area contributed by atoms with Gasteiger partial charge < -0.3 is 19.5 Å². The minimum atomic E-state index is 0.307. The Balaban J connectivity index is 1.50. The van der Waals surface area contributed by atoms with E-state index in [1.165, 1.54) is 11.3 Å². The van der Waals surface area contributed by atoms with Gasteiger partial charge in [-0.1, -0.05) is 25.1 Å². The van der Waals surface area contributed by atoms with Gasteiger partial charge in [0.1, 0.15) is 5.76 Å². The summed E-state index contributed by atoms with van der Waals surface area (Å²) in [7, 11) is 0. The normalized spacial score (nSPS) is 19.7. The molecular formula is C25H34N4O2. The van der Waals surface area contributed by atoms with Crippen molar-refractivity contribution in [2.45, 2.75) is 57.9 Å². The molecule has 0 saturated carbocycles. The van der Waals surface area contributed by atoms with Gasteiger partial charge in [-0.3, -0.25) is 9.79 Å². The third-order valence-corrected chi connectivity index (χ3v) is 6.43. The maximum atomic E-state index is 12.0. The molecule has 166 valence electrons. The molecule has 3 heterocycles. The average Bonchev–Trinajstić information content (AvgIpc) is 3.52. The molecule has 6 heteroatoms. The minimum Gasteiger partial charge on any atom is -0.469 e. The summed E-state index contributed by atoms with van der Waals surface area (Å²) in [5, 5.41) is 3.64. The highest BCUT2D eigenvalue weighted by Gasteiger charge is 2.32. The molecule has 6 nitrogen and oxygen atoms in total. The van der Waals surface area contributed by atoms with Crippen LogP contribution < -0.4 is 10.2 Å². The van der Waals surface area contributed by atoms with Crippen molar-refractivity contribution in [3.8, 4) is 0 Å². The number of nitrogens with zero attached hydrogens (tertiary/aromatic N) is 3. The molecule has 2 aliphatic heterocycles. The van der Waals surface area contributed by atoms with Crippen molar-refractivity contribution in [2.75, 3.05) is 31.1 Å². The molecule has 1 N–H and O–H groups in total. The number of aliphatic imine (C=N–C) groups is 1. The summed E-state index contributed by atoms with van der Waals surface area (Å²) in [5.41, 5.74) is 2.59. The summed E-state index contributed by atoms with van der Waals surface area (Å²) >= 11 is 0. The number of carbonyl (C=O) groups excluding carboxylic acids is 1. The zero-order chi connectivity index (χ0) is 21.6. The first-order valence-electron chi connectivity index (χ1n) is 11.6. The number of likely N-dealkylation sites (tertiary alicyclic amines) is 1. The van der Waals surface area contributed by atoms with Crippen molar-refractivity contribution in [2.24, 2.45) is 4.99 Å². The van der Waals surface area contributed by atoms with E-state index in [9.17, 15) is 4.79 Å². The van der Waals surface area contributed by atoms with Gasteiger partial charge in [-0.05, 0) is 49.9 Å². The van der Waals surface area contributed by atoms with E-state index in [1.807, 2.05) is 17.0 Å². The van der Waals surface area contributed by atoms with Crippen molar-refractivity contribution in [1.82, 2.24) is 10.2 Å². The Bertz CT molecular complexity index is 893. The second kappa shape index (κ2) is 10.0. The van der Waals surface area contributed by atoms with Gasteiger partial charge in [-0.2, -0.15) is 0 Å². The lowest BCUT2D eigenvalue weighted by Crippen LogP contribution is -2.45. The van der Waals surface area contributed by atoms with Gasteiger partial charge in [0.25, 0.3) is 0 Å². The van der Waals surface area contributed by atoms with Crippen molar-refractivity contribution >= 4 is 17.6 Å². The molecule has 0 spiro atoms. The van der Waals surface area contributed by atoms with Crippen LogP contribution in [-0.2, 0) is 11.2 Å². The van der Waals surface area contributed by atoms with Crippen LogP contribution in [-0.4, -0.2) is 49.0 Å². The first-order chi connectivity index (χ1) is 15.2. The molecule has 2 atom stereocenters. The Hall–Kier alpha value is -2.76. The van der Waals surface area contributed by atoms with Gasteiger partial charge in [-0.15, -0.1) is 0 Å². The molecule has 1 amide bonds. The number of para-hydroxylation sites is 1. The number of carbonyl (C=O) groups is 1. The number of rotatable bonds is 8. The molecule has 4 rings (SSSR count). The zero-order valence-corrected chi connectivity index (χ0v) is 18.7. The van der Waals surface area contributed by atoms with Gasteiger partial charge >= 0.3 is 0 Å². The quantitative estimate of drug-likeness (QED) is 0.512. The maximum Gasteiger partial charge on any atom is 0.222 e. The maximum absolute atomic E-state index is 12.0. The highest BCUT2D eigenvalue weighted by atomic mass is 16.3. The van der Waals surface area contributed by atoms with Gasteiger partial charge in [0.05, 0.1) is 6.26 Å². The van der Waals surface area contributed by atoms with E-state index in [-0.39, 0.29) is 0 Å². The van der Waals surface area contributed by atoms with E-state index < -0.39 is 0 Å². The summed E-state index contributed by atoms with van der Waals surface area (Å²) in [6, 6.07) is 12.9. The van der Waals surface area contributed by atoms with Crippen LogP contribution in [0.5, 0.6) is 0 Å². The van der Waals surface area contributed by atoms with Crippen LogP contribution >= 0.6 is 0 Å². The standard InChI is InChI=1S/C25H34N4O2/c1-3-19(2)27-25(26-14-12-21-8-7-17-31-21)29-18-20(22-9-4-5-10-23(22)29)13-16-28-15-6-11-24(28)30/h4-5,7-10,17,19-20H,3,6,11-16,18H2,1-2H3,(H,26,27). The van der Waals surface area contributed by atoms with E-state index in [2.05, 4.69) is 48.3 Å². The van der Waals surface area contributed by atoms with Crippen LogP contribution in [0.1, 0.15) is 56.8 Å². The van der Waals surface area contributed by atoms with E-state index in [1.54, 1.807) is 6.26 Å². The molecule has 1 aromatic heterocycles. The number of nitrogens with one attached hydrogen (secondary N) is 1. The molecule has 0 radical (unpaired) electrons. The monoisotopic (exact) mass is 422 g/mol. The van der Waals surface area contributed by atoms with Crippen LogP contribution in [0.15, 0.2) is 52.1 Å². The SMILES string of the molecule is CCC(C)NC(=NCCc1ccco1)N1CC(CCN2CCCC2=O)c2ccccc21. The van der Waals surface area contributed by atoms with E-state index in [4.69, 9.17) is 9.41 Å². The largest absolute Gasteiger partial charge is 0.469 e. The predicted molar refractivity (Wildman–Crippen MR) is 125 cm³/mol. The summed E-state index contributed by atoms with van der Waals surface area (Å²) in [4.78, 5) is 21.4. The van der Waals surface area contributed by atoms with Gasteiger partial charge in [-0.25, -0.2) is 0 Å². The first kappa shape index (κ1) is 21.5. The number of guanidine groups is 1. The number of fused-ring (bicyclic) bond motifs is 1. The lowest BCUT2D eigenvalue weighted by molar-refractivity contribution is -0.127. The smallest absolute Gasteiger partial charge is 0.222 e. The number of anilines is 1. The van der Waals surface area contributed by atoms with Crippen LogP contribution in [0.3, 0.4) is 0 Å². The Morgan fingerprint density at radius 3 is 2.90 bits per heavy atom. The molecule has 1 saturated heterocycles. The highest BCUT2D eigenvalue weighted by Crippen LogP contribution is 2.38. The predicted octanol–water partition coefficient (Wildman–Crippen LogP) is 4.18. The van der Waals surface area contributed by atoms with Crippen LogP contribution in [0, 0.1) is 0 Å². The fourth-order valence-electron chi connectivity index (χ4n) is 4.45. The molecule has 0 aliphatic carbocycles. The van der Waals surface area contributed by atoms with Crippen molar-refractivity contribution < 1.29 is 9.21 Å². The molecule has 2 aromatic rings. The third-order valence-electron chi connectivity index (χ3n) is 6.43. The van der Waals surface area contributed by atoms with Gasteiger partial charge in [0.2, 0.25) is 5.91 Å². The molecular weight excluding hydrogens is 388 g/mol. The Morgan fingerprint density at radius 2 is 2.16 bits per heavy atom. The van der Waals surface area contributed by atoms with E-state index in [0.717, 1.165) is 57.0 Å². The molecule has 2 aliphatic rings. The first-order valence-corrected chi connectivity index (χ1v) is 11.6. The Kier molecular flexibility index (Phi) is 6.95. The fraction of sp³-hybridized carbons (Fsp3) is 0.520. The second-order valence-electron chi connectivity index (χ2n) is 8.63. The Morgan fingerprint density at radius 1 is 1.29 bits per heavy atom. The zero-order valence-electron chi connectivity index (χ0n) is 18.7. The van der Waals surface area contributed by atoms with Gasteiger partial charge in [0, 0.05) is 56.7 Å². The summed E-state index contributed by atoms with van der Waals surface area (Å²) in [6.07, 6.45) is 6.23. The van der Waals surface area contributed by atoms with E-state index >= 15 is 0 Å². The fourth-order valence-corrected chi connectivity index (χ4v) is 4.45. The lowest BCUT2D eigenvalue weighted by atomic mass is 9.98. The van der Waals surface area contributed by atoms with Crippen molar-refractivity contribution in [3.05, 3.63) is 54.0 Å². The summed E-state index contributed by atoms with van der Waals surface area (Å²) < 4.78 is 5.47. The highest BCUT2D eigenvalue weighted by molar-refractivity contribution is 5.98.